The van der Waals surface area contributed by atoms with Crippen molar-refractivity contribution in [2.24, 2.45) is 5.92 Å². The van der Waals surface area contributed by atoms with Crippen LogP contribution in [-0.4, -0.2) is 36.8 Å². The van der Waals surface area contributed by atoms with Gasteiger partial charge in [-0.2, -0.15) is 0 Å². The van der Waals surface area contributed by atoms with Crippen LogP contribution in [0.15, 0.2) is 18.2 Å². The lowest BCUT2D eigenvalue weighted by Crippen LogP contribution is -2.53. The molecule has 1 aliphatic carbocycles. The summed E-state index contributed by atoms with van der Waals surface area (Å²) in [7, 11) is 1.66. The van der Waals surface area contributed by atoms with Crippen molar-refractivity contribution in [1.82, 2.24) is 4.90 Å². The molecular weight excluding hydrogens is 318 g/mol. The smallest absolute Gasteiger partial charge is 0.225 e. The summed E-state index contributed by atoms with van der Waals surface area (Å²) in [4.78, 5) is 14.8. The molecule has 0 radical (unpaired) electrons. The molecule has 1 spiro atoms. The number of fused-ring (bicyclic) bond motifs is 1. The molecule has 1 saturated heterocycles. The highest BCUT2D eigenvalue weighted by Gasteiger charge is 2.43. The topological polar surface area (TPSA) is 48.0 Å². The zero-order valence-corrected chi connectivity index (χ0v) is 15.0. The first-order valence-corrected chi connectivity index (χ1v) is 9.48. The average molecular weight is 345 g/mol. The van der Waals surface area contributed by atoms with Crippen LogP contribution in [0.3, 0.4) is 0 Å². The fraction of sp³-hybridized carbons (Fsp3) is 0.650. The Balaban J connectivity index is 1.42. The first-order valence-electron chi connectivity index (χ1n) is 9.48. The van der Waals surface area contributed by atoms with E-state index >= 15 is 0 Å². The van der Waals surface area contributed by atoms with Crippen molar-refractivity contribution in [1.29, 1.82) is 0 Å². The predicted octanol–water partition coefficient (Wildman–Crippen LogP) is 3.50. The molecule has 25 heavy (non-hydrogen) atoms. The van der Waals surface area contributed by atoms with Crippen molar-refractivity contribution >= 4 is 5.91 Å². The van der Waals surface area contributed by atoms with Crippen molar-refractivity contribution in [2.45, 2.75) is 57.3 Å². The lowest BCUT2D eigenvalue weighted by atomic mass is 9.87. The third-order valence-electron chi connectivity index (χ3n) is 5.85. The van der Waals surface area contributed by atoms with Gasteiger partial charge in [-0.15, -0.1) is 0 Å². The molecule has 0 atom stereocenters. The lowest BCUT2D eigenvalue weighted by molar-refractivity contribution is -0.228. The van der Waals surface area contributed by atoms with Crippen LogP contribution < -0.4 is 9.47 Å². The molecule has 4 rings (SSSR count). The van der Waals surface area contributed by atoms with Crippen LogP contribution in [0.5, 0.6) is 11.5 Å². The molecule has 0 bridgehead atoms. The minimum Gasteiger partial charge on any atom is -0.493 e. The van der Waals surface area contributed by atoms with E-state index in [0.717, 1.165) is 29.9 Å². The van der Waals surface area contributed by atoms with Crippen LogP contribution >= 0.6 is 0 Å². The third kappa shape index (κ3) is 3.22. The number of nitrogens with zero attached hydrogens (tertiary/aromatic N) is 1. The average Bonchev–Trinajstić information content (AvgIpc) is 2.68. The summed E-state index contributed by atoms with van der Waals surface area (Å²) in [5, 5.41) is 0. The minimum atomic E-state index is -0.620. The Bertz CT molecular complexity index is 616. The molecular formula is C20H27NO4. The van der Waals surface area contributed by atoms with Gasteiger partial charge in [0.15, 0.2) is 11.5 Å². The summed E-state index contributed by atoms with van der Waals surface area (Å²) in [5.74, 6) is 1.50. The number of carbonyl (C=O) groups is 1. The maximum Gasteiger partial charge on any atom is 0.225 e. The second kappa shape index (κ2) is 6.87. The van der Waals surface area contributed by atoms with Gasteiger partial charge in [-0.3, -0.25) is 4.79 Å². The van der Waals surface area contributed by atoms with Crippen molar-refractivity contribution in [3.63, 3.8) is 0 Å². The Morgan fingerprint density at radius 3 is 2.68 bits per heavy atom. The largest absolute Gasteiger partial charge is 0.493 e. The molecule has 2 heterocycles. The van der Waals surface area contributed by atoms with Gasteiger partial charge in [-0.25, -0.2) is 0 Å². The van der Waals surface area contributed by atoms with E-state index in [1.807, 2.05) is 23.1 Å². The van der Waals surface area contributed by atoms with Crippen molar-refractivity contribution in [3.05, 3.63) is 23.8 Å². The van der Waals surface area contributed by atoms with E-state index in [4.69, 9.17) is 14.2 Å². The van der Waals surface area contributed by atoms with Gasteiger partial charge in [-0.1, -0.05) is 31.4 Å². The van der Waals surface area contributed by atoms with Gasteiger partial charge >= 0.3 is 0 Å². The second-order valence-electron chi connectivity index (χ2n) is 7.41. The standard InChI is InChI=1S/C20H27NO4/c1-23-17-9-5-8-16-14-24-20(25-18(16)17)10-12-21(13-11-20)19(22)15-6-3-2-4-7-15/h5,8-9,15H,2-4,6-7,10-14H2,1H3. The Hall–Kier alpha value is -1.75. The predicted molar refractivity (Wildman–Crippen MR) is 93.5 cm³/mol. The SMILES string of the molecule is COc1cccc2c1OC1(CCN(C(=O)C3CCCCC3)CC1)OC2. The van der Waals surface area contributed by atoms with Gasteiger partial charge in [0.25, 0.3) is 0 Å². The van der Waals surface area contributed by atoms with Crippen molar-refractivity contribution < 1.29 is 19.0 Å². The van der Waals surface area contributed by atoms with Gasteiger partial charge in [0.2, 0.25) is 11.7 Å². The fourth-order valence-corrected chi connectivity index (χ4v) is 4.30. The number of hydrogen-bond acceptors (Lipinski definition) is 4. The van der Waals surface area contributed by atoms with E-state index in [-0.39, 0.29) is 5.92 Å². The van der Waals surface area contributed by atoms with Crippen LogP contribution in [0.2, 0.25) is 0 Å². The molecule has 3 aliphatic rings. The second-order valence-corrected chi connectivity index (χ2v) is 7.41. The van der Waals surface area contributed by atoms with E-state index in [9.17, 15) is 4.79 Å². The van der Waals surface area contributed by atoms with E-state index < -0.39 is 5.79 Å². The van der Waals surface area contributed by atoms with E-state index in [1.54, 1.807) is 7.11 Å². The number of amides is 1. The Morgan fingerprint density at radius 2 is 1.96 bits per heavy atom. The van der Waals surface area contributed by atoms with Crippen LogP contribution in [0.4, 0.5) is 0 Å². The summed E-state index contributed by atoms with van der Waals surface area (Å²) in [6, 6.07) is 5.87. The minimum absolute atomic E-state index is 0.233. The maximum atomic E-state index is 12.7. The van der Waals surface area contributed by atoms with Crippen LogP contribution in [0.25, 0.3) is 0 Å². The highest BCUT2D eigenvalue weighted by molar-refractivity contribution is 5.79. The maximum absolute atomic E-state index is 12.7. The van der Waals surface area contributed by atoms with Crippen LogP contribution in [0, 0.1) is 5.92 Å². The number of piperidine rings is 1. The third-order valence-corrected chi connectivity index (χ3v) is 5.85. The van der Waals surface area contributed by atoms with E-state index in [1.165, 1.54) is 19.3 Å². The summed E-state index contributed by atoms with van der Waals surface area (Å²) in [5.41, 5.74) is 1.02. The number of rotatable bonds is 2. The zero-order chi connectivity index (χ0) is 17.3. The molecule has 136 valence electrons. The van der Waals surface area contributed by atoms with Crippen LogP contribution in [0.1, 0.15) is 50.5 Å². The first kappa shape index (κ1) is 16.7. The van der Waals surface area contributed by atoms with E-state index in [0.29, 0.717) is 38.4 Å². The number of para-hydroxylation sites is 1. The Labute approximate surface area is 149 Å². The first-order chi connectivity index (χ1) is 12.2. The highest BCUT2D eigenvalue weighted by Crippen LogP contribution is 2.42. The summed E-state index contributed by atoms with van der Waals surface area (Å²) in [6.45, 7) is 1.95. The molecule has 1 aromatic carbocycles. The zero-order valence-electron chi connectivity index (χ0n) is 15.0. The van der Waals surface area contributed by atoms with E-state index in [2.05, 4.69) is 0 Å². The van der Waals surface area contributed by atoms with Gasteiger partial charge in [-0.05, 0) is 18.9 Å². The van der Waals surface area contributed by atoms with Gasteiger partial charge in [0.05, 0.1) is 13.7 Å². The van der Waals surface area contributed by atoms with Crippen molar-refractivity contribution in [2.75, 3.05) is 20.2 Å². The molecule has 2 fully saturated rings. The van der Waals surface area contributed by atoms with Gasteiger partial charge in [0, 0.05) is 37.4 Å². The molecule has 5 heteroatoms. The molecule has 2 aliphatic heterocycles. The summed E-state index contributed by atoms with van der Waals surface area (Å²) < 4.78 is 17.8. The molecule has 1 aromatic rings. The molecule has 0 N–H and O–H groups in total. The fourth-order valence-electron chi connectivity index (χ4n) is 4.30. The van der Waals surface area contributed by atoms with Gasteiger partial charge in [0.1, 0.15) is 0 Å². The van der Waals surface area contributed by atoms with Gasteiger partial charge < -0.3 is 19.1 Å². The molecule has 1 saturated carbocycles. The quantitative estimate of drug-likeness (QED) is 0.823. The highest BCUT2D eigenvalue weighted by atomic mass is 16.7. The number of methoxy groups -OCH3 is 1. The number of hydrogen-bond donors (Lipinski definition) is 0. The molecule has 1 amide bonds. The summed E-state index contributed by atoms with van der Waals surface area (Å²) in [6.07, 6.45) is 7.19. The number of likely N-dealkylation sites (tertiary alicyclic amines) is 1. The number of benzene rings is 1. The van der Waals surface area contributed by atoms with Crippen molar-refractivity contribution in [3.8, 4) is 11.5 Å². The molecule has 0 unspecified atom stereocenters. The Morgan fingerprint density at radius 1 is 1.20 bits per heavy atom. The lowest BCUT2D eigenvalue weighted by Gasteiger charge is -2.44. The normalized spacial score (nSPS) is 23.0. The van der Waals surface area contributed by atoms with Crippen LogP contribution in [-0.2, 0) is 16.1 Å². The number of ether oxygens (including phenoxy) is 3. The molecule has 5 nitrogen and oxygen atoms in total. The number of carbonyl (C=O) groups excluding carboxylic acids is 1. The molecule has 0 aromatic heterocycles. The Kier molecular flexibility index (Phi) is 4.59. The summed E-state index contributed by atoms with van der Waals surface area (Å²) >= 11 is 0. The monoisotopic (exact) mass is 345 g/mol.